The van der Waals surface area contributed by atoms with E-state index in [0.29, 0.717) is 36.0 Å². The predicted molar refractivity (Wildman–Crippen MR) is 433 cm³/mol. The number of nitrogens with one attached hydrogen (secondary N) is 3. The number of aliphatic carboxylic acids is 1. The van der Waals surface area contributed by atoms with Gasteiger partial charge in [0.15, 0.2) is 0 Å². The van der Waals surface area contributed by atoms with E-state index in [9.17, 15) is 47.9 Å². The van der Waals surface area contributed by atoms with Gasteiger partial charge in [-0.05, 0) is 108 Å². The number of carboxylic acids is 1. The molecule has 0 bridgehead atoms. The monoisotopic (exact) mass is 1610 g/mol. The van der Waals surface area contributed by atoms with Gasteiger partial charge in [0, 0.05) is 74.0 Å². The summed E-state index contributed by atoms with van der Waals surface area (Å²) < 4.78 is 67.2. The Morgan fingerprint density at radius 1 is 0.388 bits per heavy atom. The summed E-state index contributed by atoms with van der Waals surface area (Å²) in [5, 5.41) is 17.9. The van der Waals surface area contributed by atoms with Crippen LogP contribution in [0, 0.1) is 17.8 Å². The second kappa shape index (κ2) is 49.9. The summed E-state index contributed by atoms with van der Waals surface area (Å²) in [6.07, 6.45) is 4.61. The minimum absolute atomic E-state index is 0.00608. The lowest BCUT2D eigenvalue weighted by molar-refractivity contribution is -0.150. The van der Waals surface area contributed by atoms with Crippen molar-refractivity contribution in [1.82, 2.24) is 33.6 Å². The molecule has 0 fully saturated rings. The summed E-state index contributed by atoms with van der Waals surface area (Å²) in [6, 6.07) is 53.3. The average Bonchev–Trinajstić information content (AvgIpc) is 0.758. The molecule has 0 amide bonds. The molecule has 3 heterocycles. The van der Waals surface area contributed by atoms with Crippen LogP contribution < -0.4 is 52.7 Å². The summed E-state index contributed by atoms with van der Waals surface area (Å²) in [6.45, 7) is 13.9. The number of ketones is 1. The van der Waals surface area contributed by atoms with Gasteiger partial charge in [-0.15, -0.1) is 0 Å². The van der Waals surface area contributed by atoms with Crippen LogP contribution in [-0.2, 0) is 83.7 Å². The molecule has 30 heteroatoms. The minimum Gasteiger partial charge on any atom is -0.497 e. The molecule has 6 aromatic carbocycles. The Kier molecular flexibility index (Phi) is 40.1. The number of carboxylic acid groups (broad SMARTS) is 1. The molecule has 0 aliphatic rings. The molecular formula is C86H107N7O23. The van der Waals surface area contributed by atoms with Crippen molar-refractivity contribution in [3.63, 3.8) is 0 Å². The van der Waals surface area contributed by atoms with Crippen molar-refractivity contribution in [3.8, 4) is 23.0 Å². The van der Waals surface area contributed by atoms with E-state index < -0.39 is 74.7 Å². The van der Waals surface area contributed by atoms with Gasteiger partial charge in [-0.1, -0.05) is 144 Å². The third-order valence-electron chi connectivity index (χ3n) is 18.5. The van der Waals surface area contributed by atoms with Gasteiger partial charge >= 0.3 is 35.0 Å². The normalized spacial score (nSPS) is 11.9. The Morgan fingerprint density at radius 2 is 0.690 bits per heavy atom. The van der Waals surface area contributed by atoms with Crippen molar-refractivity contribution in [2.75, 3.05) is 101 Å². The standard InChI is InChI=1S/C36H40N2O9.C34H36N2O10.C10H16N2O4.C6H15N/c1-4-30(39)14-19-34(41)46-23-26(22-45-25-38-21-20-33(40)37-35(38)42)24-47-36(27-8-6-5-7-9-27,28-10-15-31(43-2)16-11-28)29-12-17-32(44-3)18-13-29;1-42-28-12-8-26(9-13-28)34(25-6-4-3-5-7-25,27-10-14-29(43-2)15-11-27)46-22-24(21-45-32(40)17-16-31(38)39)20-44-23-36-19-18-30(37)35-33(36)41;1-2-8(5-13)6-16-7-12-4-3-9(14)11-10(12)15;1-4-7(5-2)6-3/h5-13,15-18,20-21,26H,4,14,19,22-25H2,1-3H3,(H,37,40,42);3-15,18-19,24H,16-17,20-23H2,1-2H3,(H,38,39)(H,35,37,41);3-4,8,13H,2,5-7H2,1H3,(H,11,14,15);4-6H2,1-3H3/t26-;24-;8-;/m001./s1. The number of rotatable bonds is 44. The Bertz CT molecular complexity index is 4670. The number of aromatic nitrogens is 6. The first-order valence-corrected chi connectivity index (χ1v) is 38.0. The van der Waals surface area contributed by atoms with E-state index in [-0.39, 0.29) is 104 Å². The molecule has 624 valence electrons. The molecule has 0 saturated carbocycles. The number of carbonyl (C=O) groups is 4. The van der Waals surface area contributed by atoms with Gasteiger partial charge in [0.2, 0.25) is 0 Å². The lowest BCUT2D eigenvalue weighted by Gasteiger charge is -2.37. The van der Waals surface area contributed by atoms with E-state index >= 15 is 0 Å². The third kappa shape index (κ3) is 29.3. The van der Waals surface area contributed by atoms with E-state index in [2.05, 4.69) is 40.6 Å². The molecule has 3 aromatic heterocycles. The largest absolute Gasteiger partial charge is 0.497 e. The number of hydrogen-bond acceptors (Lipinski definition) is 23. The van der Waals surface area contributed by atoms with Crippen LogP contribution >= 0.6 is 0 Å². The maximum Gasteiger partial charge on any atom is 0.330 e. The number of H-pyrrole nitrogens is 3. The number of aromatic amines is 3. The summed E-state index contributed by atoms with van der Waals surface area (Å²) in [5.41, 5.74) is -0.580. The maximum atomic E-state index is 12.6. The third-order valence-corrected chi connectivity index (χ3v) is 18.5. The van der Waals surface area contributed by atoms with Gasteiger partial charge in [0.1, 0.15) is 60.2 Å². The quantitative estimate of drug-likeness (QED) is 0.0176. The summed E-state index contributed by atoms with van der Waals surface area (Å²) in [4.78, 5) is 126. The van der Waals surface area contributed by atoms with Crippen molar-refractivity contribution < 1.29 is 81.5 Å². The van der Waals surface area contributed by atoms with E-state index in [1.807, 2.05) is 165 Å². The fourth-order valence-corrected chi connectivity index (χ4v) is 11.7. The highest BCUT2D eigenvalue weighted by Gasteiger charge is 2.41. The van der Waals surface area contributed by atoms with Crippen LogP contribution in [-0.4, -0.2) is 168 Å². The fraction of sp³-hybridized carbons (Fsp3) is 0.395. The summed E-state index contributed by atoms with van der Waals surface area (Å²) in [7, 11) is 6.38. The number of methoxy groups -OCH3 is 4. The van der Waals surface area contributed by atoms with Gasteiger partial charge < -0.3 is 67.2 Å². The van der Waals surface area contributed by atoms with Gasteiger partial charge in [-0.3, -0.25) is 62.2 Å². The summed E-state index contributed by atoms with van der Waals surface area (Å²) >= 11 is 0. The molecule has 0 aliphatic heterocycles. The SMILES string of the molecule is CCC(=O)CCC(=O)OC[C@H](COCn1ccc(=O)[nH]c1=O)COC(c1ccccc1)(c1ccc(OC)cc1)c1ccc(OC)cc1.CCN(CC)CC.CC[C@H](CO)COCn1ccc(=O)[nH]c1=O.COc1ccc(C(OC[C@@H](COCn2ccc(=O)[nH]c2=O)COC(=O)CCC(=O)O)(c2ccccc2)c2ccc(OC)cc2)cc1. The van der Waals surface area contributed by atoms with E-state index in [0.717, 1.165) is 39.8 Å². The number of benzene rings is 6. The van der Waals surface area contributed by atoms with Crippen LogP contribution in [0.1, 0.15) is 107 Å². The minimum atomic E-state index is -1.15. The predicted octanol–water partition coefficient (Wildman–Crippen LogP) is 8.89. The Balaban J connectivity index is 0.000000283. The number of carbonyl (C=O) groups excluding carboxylic acids is 3. The van der Waals surface area contributed by atoms with Crippen LogP contribution in [0.15, 0.2) is 223 Å². The second-order valence-corrected chi connectivity index (χ2v) is 26.3. The Morgan fingerprint density at radius 3 is 0.948 bits per heavy atom. The van der Waals surface area contributed by atoms with Gasteiger partial charge in [0.05, 0.1) is 93.9 Å². The number of nitrogens with zero attached hydrogens (tertiary/aromatic N) is 4. The Hall–Kier alpha value is -11.6. The van der Waals surface area contributed by atoms with Gasteiger partial charge in [-0.2, -0.15) is 0 Å². The smallest absolute Gasteiger partial charge is 0.330 e. The number of Topliss-reactive ketones (excluding diaryl/α,β-unsaturated/α-hetero) is 1. The zero-order valence-electron chi connectivity index (χ0n) is 67.1. The first-order chi connectivity index (χ1) is 56.0. The van der Waals surface area contributed by atoms with Crippen molar-refractivity contribution in [1.29, 1.82) is 0 Å². The highest BCUT2D eigenvalue weighted by Crippen LogP contribution is 2.44. The topological polar surface area (TPSA) is 378 Å². The van der Waals surface area contributed by atoms with Crippen molar-refractivity contribution in [3.05, 3.63) is 290 Å². The maximum absolute atomic E-state index is 12.6. The van der Waals surface area contributed by atoms with E-state index in [1.165, 1.54) is 70.1 Å². The molecule has 9 aromatic rings. The number of ether oxygens (including phenoxy) is 11. The number of esters is 2. The van der Waals surface area contributed by atoms with Crippen LogP contribution in [0.3, 0.4) is 0 Å². The molecule has 30 nitrogen and oxygen atoms in total. The molecule has 9 rings (SSSR count). The lowest BCUT2D eigenvalue weighted by Crippen LogP contribution is -2.37. The first-order valence-electron chi connectivity index (χ1n) is 38.0. The number of hydrogen-bond donors (Lipinski definition) is 5. The van der Waals surface area contributed by atoms with E-state index in [4.69, 9.17) is 62.3 Å². The van der Waals surface area contributed by atoms with E-state index in [1.54, 1.807) is 35.4 Å². The highest BCUT2D eigenvalue weighted by atomic mass is 16.6. The molecule has 0 saturated heterocycles. The van der Waals surface area contributed by atoms with Gasteiger partial charge in [-0.25, -0.2) is 14.4 Å². The highest BCUT2D eigenvalue weighted by molar-refractivity contribution is 5.82. The van der Waals surface area contributed by atoms with Crippen molar-refractivity contribution >= 4 is 23.7 Å². The van der Waals surface area contributed by atoms with Crippen LogP contribution in [0.5, 0.6) is 23.0 Å². The van der Waals surface area contributed by atoms with Crippen LogP contribution in [0.2, 0.25) is 0 Å². The summed E-state index contributed by atoms with van der Waals surface area (Å²) in [5.74, 6) is -0.581. The fourth-order valence-electron chi connectivity index (χ4n) is 11.7. The average molecular weight is 1610 g/mol. The van der Waals surface area contributed by atoms with Crippen molar-refractivity contribution in [2.45, 2.75) is 105 Å². The molecule has 0 radical (unpaired) electrons. The van der Waals surface area contributed by atoms with Crippen LogP contribution in [0.25, 0.3) is 0 Å². The molecule has 0 unspecified atom stereocenters. The molecule has 3 atom stereocenters. The lowest BCUT2D eigenvalue weighted by atomic mass is 9.80. The Labute approximate surface area is 672 Å². The second-order valence-electron chi connectivity index (χ2n) is 26.3. The zero-order valence-corrected chi connectivity index (χ0v) is 67.1. The molecular weight excluding hydrogens is 1500 g/mol. The number of aliphatic hydroxyl groups is 1. The zero-order chi connectivity index (χ0) is 84.3. The first kappa shape index (κ1) is 93.2. The number of aliphatic hydroxyl groups excluding tert-OH is 1. The van der Waals surface area contributed by atoms with Crippen molar-refractivity contribution in [2.24, 2.45) is 17.8 Å². The van der Waals surface area contributed by atoms with Gasteiger partial charge in [0.25, 0.3) is 16.7 Å². The molecule has 116 heavy (non-hydrogen) atoms. The molecule has 0 aliphatic carbocycles. The molecule has 0 spiro atoms. The van der Waals surface area contributed by atoms with Crippen LogP contribution in [0.4, 0.5) is 0 Å². The molecule has 5 N–H and O–H groups in total.